The van der Waals surface area contributed by atoms with Gasteiger partial charge in [-0.2, -0.15) is 5.10 Å². The third-order valence-corrected chi connectivity index (χ3v) is 7.08. The fourth-order valence-corrected chi connectivity index (χ4v) is 5.06. The number of benzene rings is 1. The minimum atomic E-state index is -0.364. The predicted molar refractivity (Wildman–Crippen MR) is 136 cm³/mol. The minimum absolute atomic E-state index is 0.0340. The van der Waals surface area contributed by atoms with Crippen LogP contribution in [0.2, 0.25) is 0 Å². The summed E-state index contributed by atoms with van der Waals surface area (Å²) in [5.41, 5.74) is 5.86. The standard InChI is InChI=1S/C25H29N9O2/c1-26-25(36)22-19(10-21(31-32-22)30-24(35)14-6-7-14)29-18-5-3-4-16-17-12-28-34(15-8-9-27-11-15)20(17)13-33(2)23(16)18/h3-5,10,12,14-15,27H,6-9,11,13H2,1-2H3,(H,26,36)(H2,29,30,31,35). The van der Waals surface area contributed by atoms with E-state index in [1.54, 1.807) is 13.1 Å². The average molecular weight is 488 g/mol. The second kappa shape index (κ2) is 8.90. The molecule has 1 atom stereocenters. The van der Waals surface area contributed by atoms with Crippen molar-refractivity contribution in [1.29, 1.82) is 0 Å². The summed E-state index contributed by atoms with van der Waals surface area (Å²) in [6.07, 6.45) is 4.81. The van der Waals surface area contributed by atoms with Crippen LogP contribution >= 0.6 is 0 Å². The van der Waals surface area contributed by atoms with Crippen LogP contribution in [0.25, 0.3) is 11.1 Å². The molecule has 2 aliphatic heterocycles. The van der Waals surface area contributed by atoms with Gasteiger partial charge in [0.2, 0.25) is 5.91 Å². The largest absolute Gasteiger partial charge is 0.366 e. The third-order valence-electron chi connectivity index (χ3n) is 7.08. The van der Waals surface area contributed by atoms with Crippen LogP contribution in [-0.2, 0) is 11.3 Å². The molecule has 3 aromatic rings. The van der Waals surface area contributed by atoms with Crippen LogP contribution in [-0.4, -0.2) is 59.0 Å². The molecule has 1 unspecified atom stereocenters. The van der Waals surface area contributed by atoms with E-state index in [2.05, 4.69) is 54.2 Å². The quantitative estimate of drug-likeness (QED) is 0.417. The summed E-state index contributed by atoms with van der Waals surface area (Å²) in [6, 6.07) is 8.09. The van der Waals surface area contributed by atoms with Crippen LogP contribution in [0.3, 0.4) is 0 Å². The molecule has 36 heavy (non-hydrogen) atoms. The molecule has 2 amide bonds. The summed E-state index contributed by atoms with van der Waals surface area (Å²) in [7, 11) is 3.61. The van der Waals surface area contributed by atoms with Crippen LogP contribution in [0.5, 0.6) is 0 Å². The van der Waals surface area contributed by atoms with Crippen LogP contribution < -0.4 is 26.2 Å². The maximum atomic E-state index is 12.6. The Bertz CT molecular complexity index is 1340. The van der Waals surface area contributed by atoms with Gasteiger partial charge in [-0.05, 0) is 31.9 Å². The van der Waals surface area contributed by atoms with E-state index in [0.29, 0.717) is 17.5 Å². The summed E-state index contributed by atoms with van der Waals surface area (Å²) in [5, 5.41) is 25.2. The fraction of sp³-hybridized carbons (Fsp3) is 0.400. The van der Waals surface area contributed by atoms with Crippen molar-refractivity contribution < 1.29 is 9.59 Å². The monoisotopic (exact) mass is 487 g/mol. The molecule has 4 N–H and O–H groups in total. The maximum Gasteiger partial charge on any atom is 0.273 e. The summed E-state index contributed by atoms with van der Waals surface area (Å²) in [4.78, 5) is 27.0. The molecule has 1 saturated heterocycles. The Kier molecular flexibility index (Phi) is 5.56. The van der Waals surface area contributed by atoms with Crippen molar-refractivity contribution in [3.05, 3.63) is 41.9 Å². The summed E-state index contributed by atoms with van der Waals surface area (Å²) >= 11 is 0. The van der Waals surface area contributed by atoms with Crippen molar-refractivity contribution in [2.24, 2.45) is 5.92 Å². The van der Waals surface area contributed by atoms with Crippen LogP contribution in [0, 0.1) is 5.92 Å². The molecular formula is C25H29N9O2. The lowest BCUT2D eigenvalue weighted by Gasteiger charge is -2.31. The van der Waals surface area contributed by atoms with Gasteiger partial charge in [-0.15, -0.1) is 10.2 Å². The van der Waals surface area contributed by atoms with E-state index in [0.717, 1.165) is 61.4 Å². The first-order valence-electron chi connectivity index (χ1n) is 12.3. The maximum absolute atomic E-state index is 12.6. The fourth-order valence-electron chi connectivity index (χ4n) is 5.06. The molecule has 0 radical (unpaired) electrons. The molecule has 1 aromatic carbocycles. The van der Waals surface area contributed by atoms with Crippen LogP contribution in [0.15, 0.2) is 30.5 Å². The lowest BCUT2D eigenvalue weighted by Crippen LogP contribution is -2.27. The number of fused-ring (bicyclic) bond motifs is 3. The van der Waals surface area contributed by atoms with Gasteiger partial charge in [0.25, 0.3) is 5.91 Å². The van der Waals surface area contributed by atoms with E-state index in [9.17, 15) is 9.59 Å². The van der Waals surface area contributed by atoms with Gasteiger partial charge in [-0.3, -0.25) is 14.3 Å². The highest BCUT2D eigenvalue weighted by Crippen LogP contribution is 2.44. The number of rotatable bonds is 6. The third kappa shape index (κ3) is 3.95. The Labute approximate surface area is 208 Å². The van der Waals surface area contributed by atoms with Gasteiger partial charge in [0.15, 0.2) is 11.5 Å². The Morgan fingerprint density at radius 1 is 1.11 bits per heavy atom. The number of hydrogen-bond acceptors (Lipinski definition) is 8. The Hall–Kier alpha value is -3.99. The number of nitrogens with one attached hydrogen (secondary N) is 4. The second-order valence-corrected chi connectivity index (χ2v) is 9.61. The van der Waals surface area contributed by atoms with Gasteiger partial charge >= 0.3 is 0 Å². The van der Waals surface area contributed by atoms with Crippen molar-refractivity contribution >= 4 is 34.7 Å². The SMILES string of the molecule is CNC(=O)c1nnc(NC(=O)C2CC2)cc1Nc1cccc2c1N(C)Cc1c-2cnn1C1CCNC1. The number of carbonyl (C=O) groups is 2. The predicted octanol–water partition coefficient (Wildman–Crippen LogP) is 2.28. The molecule has 6 rings (SSSR count). The van der Waals surface area contributed by atoms with Crippen molar-refractivity contribution in [1.82, 2.24) is 30.6 Å². The second-order valence-electron chi connectivity index (χ2n) is 9.61. The highest BCUT2D eigenvalue weighted by atomic mass is 16.2. The van der Waals surface area contributed by atoms with Crippen LogP contribution in [0.1, 0.15) is 41.5 Å². The topological polar surface area (TPSA) is 129 Å². The molecule has 3 aliphatic rings. The zero-order valence-corrected chi connectivity index (χ0v) is 20.3. The van der Waals surface area contributed by atoms with E-state index in [-0.39, 0.29) is 23.4 Å². The van der Waals surface area contributed by atoms with Gasteiger partial charge in [0.1, 0.15) is 0 Å². The first-order valence-corrected chi connectivity index (χ1v) is 12.3. The molecular weight excluding hydrogens is 458 g/mol. The summed E-state index contributed by atoms with van der Waals surface area (Å²) in [6.45, 7) is 2.66. The first kappa shape index (κ1) is 22.5. The van der Waals surface area contributed by atoms with Gasteiger partial charge in [-0.1, -0.05) is 12.1 Å². The number of aromatic nitrogens is 4. The molecule has 0 bridgehead atoms. The number of para-hydroxylation sites is 1. The summed E-state index contributed by atoms with van der Waals surface area (Å²) in [5.74, 6) is -0.0839. The number of hydrogen-bond donors (Lipinski definition) is 4. The Balaban J connectivity index is 1.37. The van der Waals surface area contributed by atoms with E-state index >= 15 is 0 Å². The lowest BCUT2D eigenvalue weighted by molar-refractivity contribution is -0.117. The molecule has 1 saturated carbocycles. The minimum Gasteiger partial charge on any atom is -0.366 e. The zero-order valence-electron chi connectivity index (χ0n) is 20.3. The Morgan fingerprint density at radius 3 is 2.72 bits per heavy atom. The highest BCUT2D eigenvalue weighted by molar-refractivity contribution is 6.01. The molecule has 11 heteroatoms. The molecule has 1 aliphatic carbocycles. The van der Waals surface area contributed by atoms with Gasteiger partial charge in [0.05, 0.1) is 41.5 Å². The van der Waals surface area contributed by atoms with Crippen molar-refractivity contribution in [2.45, 2.75) is 31.8 Å². The number of nitrogens with zero attached hydrogens (tertiary/aromatic N) is 5. The molecule has 186 valence electrons. The highest BCUT2D eigenvalue weighted by Gasteiger charge is 2.31. The van der Waals surface area contributed by atoms with Gasteiger partial charge < -0.3 is 26.2 Å². The number of anilines is 4. The Morgan fingerprint density at radius 2 is 1.97 bits per heavy atom. The first-order chi connectivity index (χ1) is 17.5. The van der Waals surface area contributed by atoms with E-state index in [1.807, 2.05) is 18.3 Å². The molecule has 2 aromatic heterocycles. The van der Waals surface area contributed by atoms with Gasteiger partial charge in [0, 0.05) is 43.8 Å². The molecule has 2 fully saturated rings. The molecule has 0 spiro atoms. The van der Waals surface area contributed by atoms with E-state index < -0.39 is 0 Å². The van der Waals surface area contributed by atoms with Gasteiger partial charge in [-0.25, -0.2) is 0 Å². The lowest BCUT2D eigenvalue weighted by atomic mass is 9.97. The summed E-state index contributed by atoms with van der Waals surface area (Å²) < 4.78 is 2.17. The molecule has 11 nitrogen and oxygen atoms in total. The normalized spacial score (nSPS) is 18.4. The zero-order chi connectivity index (χ0) is 24.8. The van der Waals surface area contributed by atoms with Crippen LogP contribution in [0.4, 0.5) is 22.9 Å². The van der Waals surface area contributed by atoms with Crippen molar-refractivity contribution in [3.8, 4) is 11.1 Å². The smallest absolute Gasteiger partial charge is 0.273 e. The number of carbonyl (C=O) groups excluding carboxylic acids is 2. The average Bonchev–Trinajstić information content (AvgIpc) is 3.43. The van der Waals surface area contributed by atoms with Crippen molar-refractivity contribution in [2.75, 3.05) is 42.7 Å². The van der Waals surface area contributed by atoms with E-state index in [4.69, 9.17) is 5.10 Å². The van der Waals surface area contributed by atoms with E-state index in [1.165, 1.54) is 5.69 Å². The van der Waals surface area contributed by atoms with Crippen molar-refractivity contribution in [3.63, 3.8) is 0 Å². The molecule has 4 heterocycles. The number of amides is 2.